The zero-order chi connectivity index (χ0) is 21.4. The quantitative estimate of drug-likeness (QED) is 0.506. The van der Waals surface area contributed by atoms with Crippen molar-refractivity contribution >= 4 is 45.8 Å². The molecule has 1 aromatic heterocycles. The van der Waals surface area contributed by atoms with Crippen LogP contribution >= 0.6 is 23.2 Å². The normalized spacial score (nSPS) is 23.6. The van der Waals surface area contributed by atoms with Gasteiger partial charge in [-0.25, -0.2) is 9.97 Å². The Balaban J connectivity index is 1.67. The average molecular weight is 440 g/mol. The first-order valence-electron chi connectivity index (χ1n) is 10.2. The molecule has 0 spiro atoms. The minimum Gasteiger partial charge on any atom is -0.325 e. The Morgan fingerprint density at radius 3 is 2.23 bits per heavy atom. The third kappa shape index (κ3) is 2.56. The second-order valence-electron chi connectivity index (χ2n) is 9.26. The summed E-state index contributed by atoms with van der Waals surface area (Å²) >= 11 is 12.4. The van der Waals surface area contributed by atoms with Crippen LogP contribution in [-0.4, -0.2) is 15.9 Å². The molecule has 3 aromatic rings. The molecule has 6 heteroatoms. The number of carbonyl (C=O) groups excluding carboxylic acids is 1. The summed E-state index contributed by atoms with van der Waals surface area (Å²) in [5.41, 5.74) is 5.15. The smallest absolute Gasteiger partial charge is 0.237 e. The Hall–Kier alpha value is -2.17. The van der Waals surface area contributed by atoms with Crippen molar-refractivity contribution in [1.29, 1.82) is 0 Å². The summed E-state index contributed by atoms with van der Waals surface area (Å²) in [6, 6.07) is 9.60. The molecule has 2 aliphatic carbocycles. The lowest BCUT2D eigenvalue weighted by molar-refractivity contribution is -0.124. The van der Waals surface area contributed by atoms with Gasteiger partial charge in [0.05, 0.1) is 37.9 Å². The lowest BCUT2D eigenvalue weighted by Crippen LogP contribution is -2.46. The van der Waals surface area contributed by atoms with Crippen LogP contribution in [0.25, 0.3) is 11.0 Å². The maximum atomic E-state index is 13.8. The summed E-state index contributed by atoms with van der Waals surface area (Å²) in [5.74, 6) is 0.177. The van der Waals surface area contributed by atoms with Crippen LogP contribution in [0.15, 0.2) is 30.3 Å². The summed E-state index contributed by atoms with van der Waals surface area (Å²) in [4.78, 5) is 23.7. The third-order valence-corrected chi connectivity index (χ3v) is 7.84. The summed E-state index contributed by atoms with van der Waals surface area (Å²) in [7, 11) is 0. The molecule has 30 heavy (non-hydrogen) atoms. The van der Waals surface area contributed by atoms with Gasteiger partial charge in [0.15, 0.2) is 0 Å². The number of benzene rings is 2. The average Bonchev–Trinajstić information content (AvgIpc) is 3.02. The first kappa shape index (κ1) is 19.8. The van der Waals surface area contributed by atoms with E-state index in [4.69, 9.17) is 33.2 Å². The highest BCUT2D eigenvalue weighted by Crippen LogP contribution is 2.67. The fourth-order valence-corrected chi connectivity index (χ4v) is 5.98. The van der Waals surface area contributed by atoms with Gasteiger partial charge in [0.25, 0.3) is 0 Å². The SMILES string of the molecule is Cc1cc(C)cc(NC(=O)C23CCC(c4nc5cc(Cl)c(Cl)cc5nc42)C3(C)C)c1. The van der Waals surface area contributed by atoms with Gasteiger partial charge >= 0.3 is 0 Å². The van der Waals surface area contributed by atoms with E-state index in [0.717, 1.165) is 46.6 Å². The van der Waals surface area contributed by atoms with Crippen LogP contribution in [-0.2, 0) is 10.2 Å². The highest BCUT2D eigenvalue weighted by atomic mass is 35.5. The van der Waals surface area contributed by atoms with Crippen LogP contribution in [0.2, 0.25) is 10.0 Å². The minimum absolute atomic E-state index is 0.00698. The van der Waals surface area contributed by atoms with Gasteiger partial charge in [0.2, 0.25) is 5.91 Å². The van der Waals surface area contributed by atoms with Crippen molar-refractivity contribution in [2.75, 3.05) is 5.32 Å². The Kier molecular flexibility index (Phi) is 4.23. The molecule has 4 nitrogen and oxygen atoms in total. The van der Waals surface area contributed by atoms with Gasteiger partial charge in [0, 0.05) is 11.6 Å². The van der Waals surface area contributed by atoms with Crippen LogP contribution in [0.1, 0.15) is 55.1 Å². The largest absolute Gasteiger partial charge is 0.325 e. The van der Waals surface area contributed by atoms with Crippen molar-refractivity contribution in [3.63, 3.8) is 0 Å². The number of anilines is 1. The highest BCUT2D eigenvalue weighted by molar-refractivity contribution is 6.42. The molecule has 2 aliphatic rings. The highest BCUT2D eigenvalue weighted by Gasteiger charge is 2.67. The van der Waals surface area contributed by atoms with Gasteiger partial charge in [-0.15, -0.1) is 0 Å². The van der Waals surface area contributed by atoms with E-state index >= 15 is 0 Å². The molecular formula is C24H23Cl2N3O. The van der Waals surface area contributed by atoms with E-state index in [0.29, 0.717) is 15.6 Å². The topological polar surface area (TPSA) is 54.9 Å². The van der Waals surface area contributed by atoms with E-state index in [2.05, 4.69) is 25.2 Å². The molecule has 1 amide bonds. The minimum atomic E-state index is -0.724. The predicted octanol–water partition coefficient (Wildman–Crippen LogP) is 6.35. The molecule has 1 N–H and O–H groups in total. The molecule has 5 rings (SSSR count). The Morgan fingerprint density at radius 2 is 1.60 bits per heavy atom. The van der Waals surface area contributed by atoms with Crippen molar-refractivity contribution < 1.29 is 4.79 Å². The molecule has 2 unspecified atom stereocenters. The Morgan fingerprint density at radius 1 is 1.00 bits per heavy atom. The molecule has 1 fully saturated rings. The summed E-state index contributed by atoms with van der Waals surface area (Å²) < 4.78 is 0. The number of amides is 1. The summed E-state index contributed by atoms with van der Waals surface area (Å²) in [6.07, 6.45) is 1.68. The maximum absolute atomic E-state index is 13.8. The molecule has 0 saturated heterocycles. The standard InChI is InChI=1S/C24H23Cl2N3O/c1-12-7-13(2)9-14(8-12)27-22(30)24-6-5-15(23(24,3)4)20-21(24)29-19-11-17(26)16(25)10-18(19)28-20/h7-11,15H,5-6H2,1-4H3,(H,27,30). The first-order valence-corrected chi connectivity index (χ1v) is 11.0. The predicted molar refractivity (Wildman–Crippen MR) is 122 cm³/mol. The van der Waals surface area contributed by atoms with Gasteiger partial charge in [-0.3, -0.25) is 4.79 Å². The fourth-order valence-electron chi connectivity index (χ4n) is 5.66. The number of rotatable bonds is 2. The number of fused-ring (bicyclic) bond motifs is 6. The summed E-state index contributed by atoms with van der Waals surface area (Å²) in [6.45, 7) is 8.40. The monoisotopic (exact) mass is 439 g/mol. The number of halogens is 2. The number of carbonyl (C=O) groups is 1. The zero-order valence-corrected chi connectivity index (χ0v) is 18.9. The van der Waals surface area contributed by atoms with Gasteiger partial charge in [0.1, 0.15) is 0 Å². The van der Waals surface area contributed by atoms with Crippen LogP contribution < -0.4 is 5.32 Å². The molecule has 1 heterocycles. The number of nitrogens with one attached hydrogen (secondary N) is 1. The number of nitrogens with zero attached hydrogens (tertiary/aromatic N) is 2. The summed E-state index contributed by atoms with van der Waals surface area (Å²) in [5, 5.41) is 4.10. The van der Waals surface area contributed by atoms with Gasteiger partial charge in [-0.05, 0) is 67.5 Å². The van der Waals surface area contributed by atoms with Crippen molar-refractivity contribution in [3.05, 3.63) is 62.9 Å². The van der Waals surface area contributed by atoms with Crippen molar-refractivity contribution in [1.82, 2.24) is 9.97 Å². The van der Waals surface area contributed by atoms with E-state index in [-0.39, 0.29) is 17.2 Å². The Labute approximate surface area is 186 Å². The van der Waals surface area contributed by atoms with Crippen molar-refractivity contribution in [3.8, 4) is 0 Å². The van der Waals surface area contributed by atoms with Gasteiger partial charge < -0.3 is 5.32 Å². The lowest BCUT2D eigenvalue weighted by atomic mass is 9.67. The van der Waals surface area contributed by atoms with Crippen molar-refractivity contribution in [2.45, 2.75) is 51.9 Å². The van der Waals surface area contributed by atoms with Crippen LogP contribution in [0, 0.1) is 19.3 Å². The maximum Gasteiger partial charge on any atom is 0.237 e. The Bertz CT molecular complexity index is 1220. The van der Waals surface area contributed by atoms with Crippen molar-refractivity contribution in [2.24, 2.45) is 5.41 Å². The van der Waals surface area contributed by atoms with Crippen LogP contribution in [0.4, 0.5) is 5.69 Å². The zero-order valence-electron chi connectivity index (χ0n) is 17.4. The lowest BCUT2D eigenvalue weighted by Gasteiger charge is -2.36. The second kappa shape index (κ2) is 6.41. The molecule has 2 atom stereocenters. The van der Waals surface area contributed by atoms with E-state index in [1.807, 2.05) is 26.0 Å². The van der Waals surface area contributed by atoms with E-state index < -0.39 is 5.41 Å². The van der Waals surface area contributed by atoms with E-state index in [9.17, 15) is 4.79 Å². The molecule has 0 radical (unpaired) electrons. The van der Waals surface area contributed by atoms with Crippen LogP contribution in [0.3, 0.4) is 0 Å². The molecular weight excluding hydrogens is 417 g/mol. The van der Waals surface area contributed by atoms with E-state index in [1.165, 1.54) is 0 Å². The van der Waals surface area contributed by atoms with E-state index in [1.54, 1.807) is 12.1 Å². The fraction of sp³-hybridized carbons (Fsp3) is 0.375. The number of hydrogen-bond donors (Lipinski definition) is 1. The molecule has 1 saturated carbocycles. The third-order valence-electron chi connectivity index (χ3n) is 7.11. The molecule has 2 bridgehead atoms. The van der Waals surface area contributed by atoms with Gasteiger partial charge in [-0.2, -0.15) is 0 Å². The molecule has 154 valence electrons. The van der Waals surface area contributed by atoms with Gasteiger partial charge in [-0.1, -0.05) is 43.1 Å². The first-order chi connectivity index (χ1) is 14.1. The molecule has 2 aromatic carbocycles. The number of aromatic nitrogens is 2. The van der Waals surface area contributed by atoms with Crippen LogP contribution in [0.5, 0.6) is 0 Å². The number of hydrogen-bond acceptors (Lipinski definition) is 3. The number of aryl methyl sites for hydroxylation is 2. The second-order valence-corrected chi connectivity index (χ2v) is 10.1. The molecule has 0 aliphatic heterocycles.